The number of fused-ring (bicyclic) bond motifs is 1. The lowest BCUT2D eigenvalue weighted by atomic mass is 10.0. The zero-order valence-corrected chi connectivity index (χ0v) is 16.3. The first-order valence-electron chi connectivity index (χ1n) is 9.23. The number of methoxy groups -OCH3 is 1. The fourth-order valence-electron chi connectivity index (χ4n) is 3.36. The van der Waals surface area contributed by atoms with Crippen LogP contribution in [-0.4, -0.2) is 56.5 Å². The summed E-state index contributed by atoms with van der Waals surface area (Å²) in [7, 11) is 1.60. The molecule has 0 aliphatic carbocycles. The SMILES string of the molecule is COc1ccc(Cn2nc(C(=O)O)c3c2CCN(C(=O)[C@H](O)C(C)C)C3)cc1. The van der Waals surface area contributed by atoms with E-state index < -0.39 is 12.1 Å². The minimum atomic E-state index is -1.12. The molecule has 2 N–H and O–H groups in total. The third kappa shape index (κ3) is 3.87. The summed E-state index contributed by atoms with van der Waals surface area (Å²) in [5.41, 5.74) is 2.28. The van der Waals surface area contributed by atoms with E-state index >= 15 is 0 Å². The number of aromatic carboxylic acids is 1. The van der Waals surface area contributed by atoms with Crippen LogP contribution in [0.1, 0.15) is 41.2 Å². The van der Waals surface area contributed by atoms with E-state index in [4.69, 9.17) is 4.74 Å². The lowest BCUT2D eigenvalue weighted by Crippen LogP contribution is -2.44. The molecular formula is C20H25N3O5. The molecule has 0 bridgehead atoms. The molecule has 1 atom stereocenters. The number of rotatable bonds is 6. The number of ether oxygens (including phenoxy) is 1. The molecule has 28 heavy (non-hydrogen) atoms. The van der Waals surface area contributed by atoms with E-state index in [-0.39, 0.29) is 24.1 Å². The van der Waals surface area contributed by atoms with Gasteiger partial charge in [0.2, 0.25) is 0 Å². The molecule has 1 aromatic heterocycles. The third-order valence-electron chi connectivity index (χ3n) is 5.02. The van der Waals surface area contributed by atoms with Gasteiger partial charge in [0.15, 0.2) is 5.69 Å². The average molecular weight is 387 g/mol. The quantitative estimate of drug-likeness (QED) is 0.779. The molecule has 1 aromatic carbocycles. The fourth-order valence-corrected chi connectivity index (χ4v) is 3.36. The zero-order valence-electron chi connectivity index (χ0n) is 16.3. The normalized spacial score (nSPS) is 14.7. The van der Waals surface area contributed by atoms with Gasteiger partial charge >= 0.3 is 5.97 Å². The molecule has 0 spiro atoms. The number of carboxylic acids is 1. The summed E-state index contributed by atoms with van der Waals surface area (Å²) < 4.78 is 6.85. The minimum absolute atomic E-state index is 0.0416. The second-order valence-electron chi connectivity index (χ2n) is 7.28. The van der Waals surface area contributed by atoms with Crippen LogP contribution in [0.4, 0.5) is 0 Å². The van der Waals surface area contributed by atoms with Crippen molar-refractivity contribution in [3.8, 4) is 5.75 Å². The second kappa shape index (κ2) is 8.02. The lowest BCUT2D eigenvalue weighted by Gasteiger charge is -2.30. The largest absolute Gasteiger partial charge is 0.497 e. The molecule has 0 radical (unpaired) electrons. The summed E-state index contributed by atoms with van der Waals surface area (Å²) in [6.45, 7) is 4.54. The van der Waals surface area contributed by atoms with Gasteiger partial charge in [-0.2, -0.15) is 5.10 Å². The van der Waals surface area contributed by atoms with Crippen LogP contribution >= 0.6 is 0 Å². The van der Waals surface area contributed by atoms with Crippen molar-refractivity contribution in [1.29, 1.82) is 0 Å². The van der Waals surface area contributed by atoms with Gasteiger partial charge < -0.3 is 19.8 Å². The van der Waals surface area contributed by atoms with Gasteiger partial charge in [-0.05, 0) is 23.6 Å². The Morgan fingerprint density at radius 3 is 2.50 bits per heavy atom. The van der Waals surface area contributed by atoms with Crippen molar-refractivity contribution in [2.45, 2.75) is 39.5 Å². The molecule has 8 nitrogen and oxygen atoms in total. The molecule has 0 fully saturated rings. The van der Waals surface area contributed by atoms with Gasteiger partial charge in [-0.25, -0.2) is 4.79 Å². The van der Waals surface area contributed by atoms with E-state index in [9.17, 15) is 19.8 Å². The van der Waals surface area contributed by atoms with Gasteiger partial charge in [0.05, 0.1) is 13.7 Å². The molecule has 2 aromatic rings. The molecular weight excluding hydrogens is 362 g/mol. The number of nitrogens with zero attached hydrogens (tertiary/aromatic N) is 3. The van der Waals surface area contributed by atoms with Gasteiger partial charge in [-0.15, -0.1) is 0 Å². The van der Waals surface area contributed by atoms with Gasteiger partial charge in [-0.1, -0.05) is 26.0 Å². The molecule has 1 amide bonds. The minimum Gasteiger partial charge on any atom is -0.497 e. The Morgan fingerprint density at radius 1 is 1.25 bits per heavy atom. The number of aliphatic hydroxyl groups excluding tert-OH is 1. The molecule has 0 saturated heterocycles. The number of carboxylic acid groups (broad SMARTS) is 1. The van der Waals surface area contributed by atoms with Gasteiger partial charge in [0.25, 0.3) is 5.91 Å². The van der Waals surface area contributed by atoms with Gasteiger partial charge in [0.1, 0.15) is 11.9 Å². The second-order valence-corrected chi connectivity index (χ2v) is 7.28. The van der Waals surface area contributed by atoms with E-state index in [0.29, 0.717) is 25.1 Å². The summed E-state index contributed by atoms with van der Waals surface area (Å²) in [4.78, 5) is 25.7. The molecule has 0 saturated carbocycles. The number of aliphatic hydroxyl groups is 1. The smallest absolute Gasteiger partial charge is 0.356 e. The van der Waals surface area contributed by atoms with E-state index in [1.807, 2.05) is 24.3 Å². The summed E-state index contributed by atoms with van der Waals surface area (Å²) in [5, 5.41) is 23.9. The highest BCUT2D eigenvalue weighted by Crippen LogP contribution is 2.25. The Labute approximate surface area is 163 Å². The molecule has 2 heterocycles. The van der Waals surface area contributed by atoms with Crippen LogP contribution in [0.2, 0.25) is 0 Å². The predicted octanol–water partition coefficient (Wildman–Crippen LogP) is 1.54. The van der Waals surface area contributed by atoms with Gasteiger partial charge in [-0.3, -0.25) is 9.48 Å². The molecule has 150 valence electrons. The Morgan fingerprint density at radius 2 is 1.93 bits per heavy atom. The van der Waals surface area contributed by atoms with Crippen LogP contribution in [0.15, 0.2) is 24.3 Å². The third-order valence-corrected chi connectivity index (χ3v) is 5.02. The van der Waals surface area contributed by atoms with Crippen LogP contribution in [0.5, 0.6) is 5.75 Å². The number of aromatic nitrogens is 2. The van der Waals surface area contributed by atoms with Crippen LogP contribution in [0.3, 0.4) is 0 Å². The molecule has 1 aliphatic rings. The highest BCUT2D eigenvalue weighted by Gasteiger charge is 2.33. The molecule has 0 unspecified atom stereocenters. The highest BCUT2D eigenvalue weighted by atomic mass is 16.5. The van der Waals surface area contributed by atoms with Crippen molar-refractivity contribution >= 4 is 11.9 Å². The van der Waals surface area contributed by atoms with Crippen LogP contribution in [0, 0.1) is 5.92 Å². The first-order valence-corrected chi connectivity index (χ1v) is 9.23. The molecule has 3 rings (SSSR count). The monoisotopic (exact) mass is 387 g/mol. The number of hydrogen-bond acceptors (Lipinski definition) is 5. The zero-order chi connectivity index (χ0) is 20.4. The first kappa shape index (κ1) is 19.9. The van der Waals surface area contributed by atoms with Crippen molar-refractivity contribution in [2.75, 3.05) is 13.7 Å². The van der Waals surface area contributed by atoms with Crippen LogP contribution < -0.4 is 4.74 Å². The van der Waals surface area contributed by atoms with Crippen LogP contribution in [0.25, 0.3) is 0 Å². The van der Waals surface area contributed by atoms with Crippen molar-refractivity contribution in [2.24, 2.45) is 5.92 Å². The number of carbonyl (C=O) groups is 2. The van der Waals surface area contributed by atoms with Crippen molar-refractivity contribution in [1.82, 2.24) is 14.7 Å². The van der Waals surface area contributed by atoms with Crippen LogP contribution in [-0.2, 0) is 24.3 Å². The van der Waals surface area contributed by atoms with Crippen molar-refractivity contribution < 1.29 is 24.5 Å². The standard InChI is InChI=1S/C20H25N3O5/c1-12(2)18(24)19(25)22-9-8-16-15(11-22)17(20(26)27)21-23(16)10-13-4-6-14(28-3)7-5-13/h4-7,12,18,24H,8-11H2,1-3H3,(H,26,27)/t18-/m1/s1. The fraction of sp³-hybridized carbons (Fsp3) is 0.450. The maximum Gasteiger partial charge on any atom is 0.356 e. The van der Waals surface area contributed by atoms with E-state index in [1.54, 1.807) is 25.6 Å². The summed E-state index contributed by atoms with van der Waals surface area (Å²) in [6.07, 6.45) is -0.605. The molecule has 8 heteroatoms. The van der Waals surface area contributed by atoms with Crippen molar-refractivity contribution in [3.05, 3.63) is 46.8 Å². The van der Waals surface area contributed by atoms with E-state index in [0.717, 1.165) is 17.0 Å². The predicted molar refractivity (Wildman–Crippen MR) is 101 cm³/mol. The lowest BCUT2D eigenvalue weighted by molar-refractivity contribution is -0.143. The van der Waals surface area contributed by atoms with E-state index in [2.05, 4.69) is 5.10 Å². The Kier molecular flexibility index (Phi) is 5.69. The maximum absolute atomic E-state index is 12.5. The Hall–Kier alpha value is -2.87. The van der Waals surface area contributed by atoms with Gasteiger partial charge in [0, 0.05) is 30.8 Å². The Balaban J connectivity index is 1.87. The summed E-state index contributed by atoms with van der Waals surface area (Å²) in [5.74, 6) is -0.954. The summed E-state index contributed by atoms with van der Waals surface area (Å²) >= 11 is 0. The van der Waals surface area contributed by atoms with E-state index in [1.165, 1.54) is 4.90 Å². The first-order chi connectivity index (χ1) is 13.3. The maximum atomic E-state index is 12.5. The average Bonchev–Trinajstić information content (AvgIpc) is 3.05. The molecule has 1 aliphatic heterocycles. The number of amides is 1. The Bertz CT molecular complexity index is 873. The number of benzene rings is 1. The summed E-state index contributed by atoms with van der Waals surface area (Å²) in [6, 6.07) is 7.50. The van der Waals surface area contributed by atoms with Crippen molar-refractivity contribution in [3.63, 3.8) is 0 Å². The number of carbonyl (C=O) groups excluding carboxylic acids is 1. The number of hydrogen-bond donors (Lipinski definition) is 2. The highest BCUT2D eigenvalue weighted by molar-refractivity contribution is 5.88. The topological polar surface area (TPSA) is 105 Å².